The van der Waals surface area contributed by atoms with Crippen molar-refractivity contribution in [3.63, 3.8) is 0 Å². The molecule has 1 aromatic carbocycles. The summed E-state index contributed by atoms with van der Waals surface area (Å²) >= 11 is 3.45. The molecule has 0 aliphatic carbocycles. The highest BCUT2D eigenvalue weighted by atomic mass is 79.9. The van der Waals surface area contributed by atoms with Crippen molar-refractivity contribution in [2.75, 3.05) is 18.9 Å². The van der Waals surface area contributed by atoms with Gasteiger partial charge in [0.15, 0.2) is 11.5 Å². The van der Waals surface area contributed by atoms with E-state index in [9.17, 15) is 0 Å². The van der Waals surface area contributed by atoms with Crippen molar-refractivity contribution in [2.24, 2.45) is 0 Å². The molecule has 2 aromatic rings. The average molecular weight is 338 g/mol. The van der Waals surface area contributed by atoms with E-state index in [-0.39, 0.29) is 6.04 Å². The minimum atomic E-state index is 0.0239. The fourth-order valence-corrected chi connectivity index (χ4v) is 2.56. The molecule has 1 atom stereocenters. The molecule has 1 aromatic heterocycles. The summed E-state index contributed by atoms with van der Waals surface area (Å²) in [6, 6.07) is 5.96. The lowest BCUT2D eigenvalue weighted by Crippen LogP contribution is -2.16. The minimum absolute atomic E-state index is 0.0239. The first kappa shape index (κ1) is 13.3. The first-order chi connectivity index (χ1) is 9.58. The fraction of sp³-hybridized carbons (Fsp3) is 0.357. The Bertz CT molecular complexity index is 654. The highest BCUT2D eigenvalue weighted by Gasteiger charge is 2.19. The fourth-order valence-electron chi connectivity index (χ4n) is 2.30. The van der Waals surface area contributed by atoms with Crippen LogP contribution in [0.3, 0.4) is 0 Å². The van der Waals surface area contributed by atoms with Gasteiger partial charge in [-0.1, -0.05) is 6.07 Å². The largest absolute Gasteiger partial charge is 0.486 e. The smallest absolute Gasteiger partial charge is 0.161 e. The zero-order chi connectivity index (χ0) is 14.3. The monoisotopic (exact) mass is 337 g/mol. The van der Waals surface area contributed by atoms with E-state index in [1.807, 2.05) is 29.8 Å². The number of nitrogens with two attached hydrogens (primary N) is 1. The maximum Gasteiger partial charge on any atom is 0.161 e. The summed E-state index contributed by atoms with van der Waals surface area (Å²) < 4.78 is 13.8. The Kier molecular flexibility index (Phi) is 3.33. The Labute approximate surface area is 125 Å². The summed E-state index contributed by atoms with van der Waals surface area (Å²) in [6.07, 6.45) is 0. The summed E-state index contributed by atoms with van der Waals surface area (Å²) in [5.74, 6) is 2.20. The van der Waals surface area contributed by atoms with Crippen LogP contribution >= 0.6 is 15.9 Å². The van der Waals surface area contributed by atoms with E-state index in [4.69, 9.17) is 15.2 Å². The molecule has 3 rings (SSSR count). The Balaban J connectivity index is 1.97. The van der Waals surface area contributed by atoms with E-state index in [1.54, 1.807) is 0 Å². The Morgan fingerprint density at radius 3 is 2.65 bits per heavy atom. The Hall–Kier alpha value is -1.69. The van der Waals surface area contributed by atoms with Gasteiger partial charge in [-0.3, -0.25) is 0 Å². The number of fused-ring (bicyclic) bond motifs is 1. The number of anilines is 1. The van der Waals surface area contributed by atoms with E-state index in [0.29, 0.717) is 19.0 Å². The van der Waals surface area contributed by atoms with Crippen molar-refractivity contribution in [3.8, 4) is 11.5 Å². The second-order valence-corrected chi connectivity index (χ2v) is 5.60. The van der Waals surface area contributed by atoms with Crippen LogP contribution in [0.15, 0.2) is 22.7 Å². The summed E-state index contributed by atoms with van der Waals surface area (Å²) in [7, 11) is 0. The predicted octanol–water partition coefficient (Wildman–Crippen LogP) is 2.92. The van der Waals surface area contributed by atoms with Crippen LogP contribution in [0.5, 0.6) is 11.5 Å². The van der Waals surface area contributed by atoms with Gasteiger partial charge < -0.3 is 15.2 Å². The molecule has 0 radical (unpaired) electrons. The maximum absolute atomic E-state index is 6.08. The average Bonchev–Trinajstić information content (AvgIpc) is 2.73. The first-order valence-electron chi connectivity index (χ1n) is 6.47. The third-order valence-corrected chi connectivity index (χ3v) is 4.44. The standard InChI is InChI=1S/C14H16BrN3O2/c1-8-13(15)14(16)18(17-8)9(2)10-3-4-11-12(7-10)20-6-5-19-11/h3-4,7,9H,5-6,16H2,1-2H3. The molecule has 2 N–H and O–H groups in total. The van der Waals surface area contributed by atoms with Crippen LogP contribution in [0.2, 0.25) is 0 Å². The van der Waals surface area contributed by atoms with Crippen molar-refractivity contribution < 1.29 is 9.47 Å². The number of hydrogen-bond donors (Lipinski definition) is 1. The van der Waals surface area contributed by atoms with Crippen molar-refractivity contribution in [1.29, 1.82) is 0 Å². The minimum Gasteiger partial charge on any atom is -0.486 e. The lowest BCUT2D eigenvalue weighted by molar-refractivity contribution is 0.171. The van der Waals surface area contributed by atoms with Crippen molar-refractivity contribution >= 4 is 21.7 Å². The van der Waals surface area contributed by atoms with Gasteiger partial charge in [-0.15, -0.1) is 0 Å². The SMILES string of the molecule is Cc1nn(C(C)c2ccc3c(c2)OCCO3)c(N)c1Br. The number of ether oxygens (including phenoxy) is 2. The highest BCUT2D eigenvalue weighted by Crippen LogP contribution is 2.35. The van der Waals surface area contributed by atoms with Crippen LogP contribution in [-0.2, 0) is 0 Å². The highest BCUT2D eigenvalue weighted by molar-refractivity contribution is 9.10. The molecule has 0 fully saturated rings. The lowest BCUT2D eigenvalue weighted by atomic mass is 10.1. The molecule has 0 saturated carbocycles. The molecule has 5 nitrogen and oxygen atoms in total. The molecule has 0 saturated heterocycles. The van der Waals surface area contributed by atoms with E-state index < -0.39 is 0 Å². The molecule has 0 spiro atoms. The topological polar surface area (TPSA) is 62.3 Å². The van der Waals surface area contributed by atoms with Crippen molar-refractivity contribution in [2.45, 2.75) is 19.9 Å². The van der Waals surface area contributed by atoms with Gasteiger partial charge in [-0.2, -0.15) is 5.10 Å². The molecule has 2 heterocycles. The molecule has 1 aliphatic heterocycles. The lowest BCUT2D eigenvalue weighted by Gasteiger charge is -2.21. The van der Waals surface area contributed by atoms with Crippen molar-refractivity contribution in [1.82, 2.24) is 9.78 Å². The van der Waals surface area contributed by atoms with Gasteiger partial charge in [0.25, 0.3) is 0 Å². The zero-order valence-electron chi connectivity index (χ0n) is 11.4. The number of aromatic nitrogens is 2. The van der Waals surface area contributed by atoms with E-state index in [2.05, 4.69) is 28.0 Å². The van der Waals surface area contributed by atoms with Gasteiger partial charge in [0.2, 0.25) is 0 Å². The number of aryl methyl sites for hydroxylation is 1. The van der Waals surface area contributed by atoms with Gasteiger partial charge in [0, 0.05) is 0 Å². The van der Waals surface area contributed by atoms with Gasteiger partial charge in [0.05, 0.1) is 16.2 Å². The zero-order valence-corrected chi connectivity index (χ0v) is 13.0. The Morgan fingerprint density at radius 1 is 1.30 bits per heavy atom. The number of nitrogen functional groups attached to an aromatic ring is 1. The molecule has 6 heteroatoms. The van der Waals surface area contributed by atoms with E-state index >= 15 is 0 Å². The van der Waals surface area contributed by atoms with Crippen LogP contribution in [0.4, 0.5) is 5.82 Å². The molecule has 106 valence electrons. The van der Waals surface area contributed by atoms with Crippen molar-refractivity contribution in [3.05, 3.63) is 33.9 Å². The first-order valence-corrected chi connectivity index (χ1v) is 7.27. The summed E-state index contributed by atoms with van der Waals surface area (Å²) in [5.41, 5.74) is 8.04. The molecule has 1 aliphatic rings. The summed E-state index contributed by atoms with van der Waals surface area (Å²) in [4.78, 5) is 0. The number of nitrogens with zero attached hydrogens (tertiary/aromatic N) is 2. The van der Waals surface area contributed by atoms with Gasteiger partial charge >= 0.3 is 0 Å². The third kappa shape index (κ3) is 2.14. The van der Waals surface area contributed by atoms with Gasteiger partial charge in [-0.25, -0.2) is 4.68 Å². The van der Waals surface area contributed by atoms with Gasteiger partial charge in [-0.05, 0) is 47.5 Å². The van der Waals surface area contributed by atoms with Crippen LogP contribution in [0.25, 0.3) is 0 Å². The molecule has 20 heavy (non-hydrogen) atoms. The number of halogens is 1. The molecular weight excluding hydrogens is 322 g/mol. The normalized spacial score (nSPS) is 15.2. The molecule has 0 bridgehead atoms. The third-order valence-electron chi connectivity index (χ3n) is 3.46. The number of hydrogen-bond acceptors (Lipinski definition) is 4. The van der Waals surface area contributed by atoms with E-state index in [1.165, 1.54) is 0 Å². The molecular formula is C14H16BrN3O2. The van der Waals surface area contributed by atoms with Crippen LogP contribution in [0, 0.1) is 6.92 Å². The van der Waals surface area contributed by atoms with Crippen LogP contribution in [0.1, 0.15) is 24.2 Å². The summed E-state index contributed by atoms with van der Waals surface area (Å²) in [5, 5.41) is 4.47. The van der Waals surface area contributed by atoms with Crippen LogP contribution in [-0.4, -0.2) is 23.0 Å². The maximum atomic E-state index is 6.08. The molecule has 1 unspecified atom stereocenters. The van der Waals surface area contributed by atoms with Gasteiger partial charge in [0.1, 0.15) is 19.0 Å². The summed E-state index contributed by atoms with van der Waals surface area (Å²) in [6.45, 7) is 5.16. The van der Waals surface area contributed by atoms with Crippen LogP contribution < -0.4 is 15.2 Å². The second-order valence-electron chi connectivity index (χ2n) is 4.81. The van der Waals surface area contributed by atoms with E-state index in [0.717, 1.165) is 27.2 Å². The quantitative estimate of drug-likeness (QED) is 0.915. The second kappa shape index (κ2) is 5.01. The Morgan fingerprint density at radius 2 is 2.00 bits per heavy atom. The predicted molar refractivity (Wildman–Crippen MR) is 80.3 cm³/mol. The number of rotatable bonds is 2. The number of benzene rings is 1. The molecule has 0 amide bonds.